The molecular formula is C26H35BrO5Si. The van der Waals surface area contributed by atoms with E-state index in [0.717, 1.165) is 0 Å². The molecule has 0 aromatic heterocycles. The highest BCUT2D eigenvalue weighted by Gasteiger charge is 2.38. The number of hydrogen-bond donors (Lipinski definition) is 0. The number of carbonyl (C=O) groups is 2. The Morgan fingerprint density at radius 1 is 0.818 bits per heavy atom. The molecule has 0 aliphatic heterocycles. The number of esters is 2. The Hall–Kier alpha value is -1.96. The fourth-order valence-corrected chi connectivity index (χ4v) is 4.47. The largest absolute Gasteiger partial charge is 0.455 e. The third kappa shape index (κ3) is 8.39. The Labute approximate surface area is 207 Å². The first-order valence-corrected chi connectivity index (χ1v) is 15.3. The summed E-state index contributed by atoms with van der Waals surface area (Å²) >= 11 is 3.45. The fourth-order valence-electron chi connectivity index (χ4n) is 2.96. The van der Waals surface area contributed by atoms with Gasteiger partial charge in [-0.15, -0.1) is 0 Å². The predicted molar refractivity (Wildman–Crippen MR) is 137 cm³/mol. The lowest BCUT2D eigenvalue weighted by Gasteiger charge is -2.37. The topological polar surface area (TPSA) is 61.8 Å². The number of alkyl halides is 1. The number of hydrogen-bond acceptors (Lipinski definition) is 5. The van der Waals surface area contributed by atoms with Gasteiger partial charge >= 0.3 is 11.9 Å². The van der Waals surface area contributed by atoms with E-state index in [0.29, 0.717) is 35.9 Å². The van der Waals surface area contributed by atoms with E-state index in [-0.39, 0.29) is 5.04 Å². The quantitative estimate of drug-likeness (QED) is 0.184. The highest BCUT2D eigenvalue weighted by molar-refractivity contribution is 9.09. The molecule has 33 heavy (non-hydrogen) atoms. The van der Waals surface area contributed by atoms with E-state index in [4.69, 9.17) is 13.9 Å². The summed E-state index contributed by atoms with van der Waals surface area (Å²) in [4.78, 5) is 25.6. The monoisotopic (exact) mass is 534 g/mol. The van der Waals surface area contributed by atoms with Crippen LogP contribution in [0.2, 0.25) is 18.1 Å². The molecule has 2 aromatic rings. The maximum absolute atomic E-state index is 12.8. The molecule has 2 aromatic carbocycles. The standard InChI is InChI=1S/C26H35BrO5Si/c1-26(2,3)33(4,5)30-19-17-23(32-25(29)21-14-10-7-11-15-21)22(16-18-27)31-24(28)20-12-8-6-9-13-20/h6-15,22-23H,16-19H2,1-5H3/t22-,23-/m1/s1. The van der Waals surface area contributed by atoms with Crippen molar-refractivity contribution in [2.45, 2.75) is 64.0 Å². The fraction of sp³-hybridized carbons (Fsp3) is 0.462. The molecule has 0 fully saturated rings. The summed E-state index contributed by atoms with van der Waals surface area (Å²) in [5, 5.41) is 0.667. The Bertz CT molecular complexity index is 881. The van der Waals surface area contributed by atoms with E-state index in [1.54, 1.807) is 48.5 Å². The van der Waals surface area contributed by atoms with Crippen LogP contribution in [-0.4, -0.2) is 44.4 Å². The minimum atomic E-state index is -1.97. The molecule has 0 saturated heterocycles. The van der Waals surface area contributed by atoms with E-state index >= 15 is 0 Å². The SMILES string of the molecule is CC(C)(C)[Si](C)(C)OCC[C@@H](OC(=O)c1ccccc1)[C@@H](CCBr)OC(=O)c1ccccc1. The second kappa shape index (κ2) is 12.5. The van der Waals surface area contributed by atoms with Crippen molar-refractivity contribution in [2.75, 3.05) is 11.9 Å². The van der Waals surface area contributed by atoms with Crippen molar-refractivity contribution >= 4 is 36.2 Å². The van der Waals surface area contributed by atoms with Crippen molar-refractivity contribution in [1.82, 2.24) is 0 Å². The van der Waals surface area contributed by atoms with Crippen molar-refractivity contribution in [1.29, 1.82) is 0 Å². The van der Waals surface area contributed by atoms with Gasteiger partial charge in [0.15, 0.2) is 8.32 Å². The minimum Gasteiger partial charge on any atom is -0.455 e. The third-order valence-electron chi connectivity index (χ3n) is 6.02. The first kappa shape index (κ1) is 27.3. The Balaban J connectivity index is 2.19. The summed E-state index contributed by atoms with van der Waals surface area (Å²) in [6.07, 6.45) is -0.295. The number of rotatable bonds is 11. The van der Waals surface area contributed by atoms with Crippen molar-refractivity contribution in [3.05, 3.63) is 71.8 Å². The van der Waals surface area contributed by atoms with Crippen molar-refractivity contribution < 1.29 is 23.5 Å². The van der Waals surface area contributed by atoms with E-state index in [9.17, 15) is 9.59 Å². The van der Waals surface area contributed by atoms with Crippen molar-refractivity contribution in [2.24, 2.45) is 0 Å². The molecule has 0 bridgehead atoms. The Kier molecular flexibility index (Phi) is 10.3. The number of benzene rings is 2. The van der Waals surface area contributed by atoms with Crippen LogP contribution in [0.25, 0.3) is 0 Å². The van der Waals surface area contributed by atoms with Gasteiger partial charge in [0.2, 0.25) is 0 Å². The lowest BCUT2D eigenvalue weighted by atomic mass is 10.1. The smallest absolute Gasteiger partial charge is 0.338 e. The average Bonchev–Trinajstić information content (AvgIpc) is 2.78. The van der Waals surface area contributed by atoms with Crippen LogP contribution in [0.3, 0.4) is 0 Å². The number of carbonyl (C=O) groups excluding carboxylic acids is 2. The minimum absolute atomic E-state index is 0.0677. The van der Waals surface area contributed by atoms with Gasteiger partial charge in [-0.25, -0.2) is 9.59 Å². The van der Waals surface area contributed by atoms with E-state index in [1.165, 1.54) is 0 Å². The maximum Gasteiger partial charge on any atom is 0.338 e. The Morgan fingerprint density at radius 3 is 1.64 bits per heavy atom. The van der Waals surface area contributed by atoms with Gasteiger partial charge in [0, 0.05) is 18.4 Å². The molecule has 0 amide bonds. The molecule has 2 rings (SSSR count). The second-order valence-corrected chi connectivity index (χ2v) is 15.1. The number of halogens is 1. The van der Waals surface area contributed by atoms with Gasteiger partial charge in [-0.2, -0.15) is 0 Å². The van der Waals surface area contributed by atoms with Crippen molar-refractivity contribution in [3.8, 4) is 0 Å². The second-order valence-electron chi connectivity index (χ2n) is 9.49. The molecule has 2 atom stereocenters. The zero-order valence-electron chi connectivity index (χ0n) is 20.2. The number of ether oxygens (including phenoxy) is 2. The summed E-state index contributed by atoms with van der Waals surface area (Å²) in [6.45, 7) is 11.3. The zero-order valence-corrected chi connectivity index (χ0v) is 22.8. The molecule has 0 aliphatic rings. The first-order chi connectivity index (χ1) is 15.5. The highest BCUT2D eigenvalue weighted by Crippen LogP contribution is 2.36. The molecular weight excluding hydrogens is 500 g/mol. The predicted octanol–water partition coefficient (Wildman–Crippen LogP) is 6.63. The van der Waals surface area contributed by atoms with Crippen LogP contribution in [0.4, 0.5) is 0 Å². The average molecular weight is 536 g/mol. The van der Waals surface area contributed by atoms with Crippen molar-refractivity contribution in [3.63, 3.8) is 0 Å². The molecule has 180 valence electrons. The first-order valence-electron chi connectivity index (χ1n) is 11.3. The summed E-state index contributed by atoms with van der Waals surface area (Å²) in [7, 11) is -1.97. The van der Waals surface area contributed by atoms with Gasteiger partial charge in [0.05, 0.1) is 11.1 Å². The van der Waals surface area contributed by atoms with Crippen LogP contribution in [-0.2, 0) is 13.9 Å². The molecule has 0 aliphatic carbocycles. The molecule has 0 unspecified atom stereocenters. The van der Waals surface area contributed by atoms with Gasteiger partial charge in [0.1, 0.15) is 12.2 Å². The molecule has 0 heterocycles. The van der Waals surface area contributed by atoms with E-state index in [2.05, 4.69) is 49.8 Å². The van der Waals surface area contributed by atoms with Crippen LogP contribution in [0, 0.1) is 0 Å². The summed E-state index contributed by atoms with van der Waals surface area (Å²) < 4.78 is 18.0. The summed E-state index contributed by atoms with van der Waals surface area (Å²) in [5.74, 6) is -0.879. The molecule has 0 N–H and O–H groups in total. The molecule has 0 saturated carbocycles. The lowest BCUT2D eigenvalue weighted by molar-refractivity contribution is -0.0427. The van der Waals surface area contributed by atoms with Crippen LogP contribution in [0.15, 0.2) is 60.7 Å². The van der Waals surface area contributed by atoms with Crippen LogP contribution in [0.5, 0.6) is 0 Å². The summed E-state index contributed by atoms with van der Waals surface area (Å²) in [5.41, 5.74) is 0.919. The molecule has 0 spiro atoms. The van der Waals surface area contributed by atoms with Crippen LogP contribution in [0.1, 0.15) is 54.3 Å². The highest BCUT2D eigenvalue weighted by atomic mass is 79.9. The molecule has 7 heteroatoms. The van der Waals surface area contributed by atoms with E-state index in [1.807, 2.05) is 12.1 Å². The van der Waals surface area contributed by atoms with E-state index < -0.39 is 32.5 Å². The van der Waals surface area contributed by atoms with Gasteiger partial charge in [-0.3, -0.25) is 0 Å². The van der Waals surface area contributed by atoms with Gasteiger partial charge in [0.25, 0.3) is 0 Å². The summed E-state index contributed by atoms with van der Waals surface area (Å²) in [6, 6.07) is 17.7. The Morgan fingerprint density at radius 2 is 1.24 bits per heavy atom. The molecule has 5 nitrogen and oxygen atoms in total. The molecule has 0 radical (unpaired) electrons. The normalized spacial score (nSPS) is 13.8. The van der Waals surface area contributed by atoms with Crippen LogP contribution >= 0.6 is 15.9 Å². The third-order valence-corrected chi connectivity index (χ3v) is 11.0. The van der Waals surface area contributed by atoms with Gasteiger partial charge < -0.3 is 13.9 Å². The maximum atomic E-state index is 12.8. The van der Waals surface area contributed by atoms with Gasteiger partial charge in [-0.05, 0) is 48.8 Å². The van der Waals surface area contributed by atoms with Crippen LogP contribution < -0.4 is 0 Å². The lowest BCUT2D eigenvalue weighted by Crippen LogP contribution is -2.42. The zero-order chi connectivity index (χ0) is 24.5. The van der Waals surface area contributed by atoms with Gasteiger partial charge in [-0.1, -0.05) is 73.1 Å².